The summed E-state index contributed by atoms with van der Waals surface area (Å²) in [6.07, 6.45) is -0.0179. The maximum Gasteiger partial charge on any atom is 0.290 e. The molecule has 0 fully saturated rings. The third-order valence-electron chi connectivity index (χ3n) is 5.41. The molecule has 1 atom stereocenters. The molecule has 32 heavy (non-hydrogen) atoms. The molecule has 0 spiro atoms. The summed E-state index contributed by atoms with van der Waals surface area (Å²) >= 11 is 0. The highest BCUT2D eigenvalue weighted by atomic mass is 16.5. The van der Waals surface area contributed by atoms with E-state index in [1.54, 1.807) is 36.4 Å². The summed E-state index contributed by atoms with van der Waals surface area (Å²) in [6, 6.07) is 15.1. The molecule has 2 aromatic carbocycles. The van der Waals surface area contributed by atoms with Crippen LogP contribution >= 0.6 is 0 Å². The number of methoxy groups -OCH3 is 1. The number of furan rings is 1. The lowest BCUT2D eigenvalue weighted by Gasteiger charge is -2.28. The van der Waals surface area contributed by atoms with Crippen LogP contribution in [-0.4, -0.2) is 48.1 Å². The number of amides is 1. The number of ketones is 1. The van der Waals surface area contributed by atoms with Crippen molar-refractivity contribution in [2.45, 2.75) is 26.0 Å². The van der Waals surface area contributed by atoms with Gasteiger partial charge in [-0.3, -0.25) is 9.59 Å². The third-order valence-corrected chi connectivity index (χ3v) is 5.41. The first-order chi connectivity index (χ1) is 15.4. The van der Waals surface area contributed by atoms with Crippen LogP contribution in [0.3, 0.4) is 0 Å². The standard InChI is InChI=1S/C25H25NO6/c1-15(2)31-13-12-26-22(17-9-5-7-11-19(17)30-3)21(24(28)25(26)29)23(27)20-14-16-8-4-6-10-18(16)32-20/h4-11,14-15,22,28H,12-13H2,1-3H3. The number of fused-ring (bicyclic) bond motifs is 1. The number of nitrogens with zero attached hydrogens (tertiary/aromatic N) is 1. The number of hydrogen-bond acceptors (Lipinski definition) is 6. The van der Waals surface area contributed by atoms with Crippen LogP contribution in [0.5, 0.6) is 5.75 Å². The quantitative estimate of drug-likeness (QED) is 0.526. The zero-order chi connectivity index (χ0) is 22.8. The second-order valence-corrected chi connectivity index (χ2v) is 7.80. The van der Waals surface area contributed by atoms with E-state index in [2.05, 4.69) is 0 Å². The maximum atomic E-state index is 13.5. The van der Waals surface area contributed by atoms with Crippen LogP contribution in [0.4, 0.5) is 0 Å². The Kier molecular flexibility index (Phi) is 6.01. The Balaban J connectivity index is 1.78. The molecule has 0 bridgehead atoms. The van der Waals surface area contributed by atoms with E-state index in [1.807, 2.05) is 32.0 Å². The van der Waals surface area contributed by atoms with Gasteiger partial charge in [0, 0.05) is 17.5 Å². The monoisotopic (exact) mass is 435 g/mol. The van der Waals surface area contributed by atoms with Crippen molar-refractivity contribution >= 4 is 22.7 Å². The van der Waals surface area contributed by atoms with Crippen molar-refractivity contribution in [2.24, 2.45) is 0 Å². The lowest BCUT2D eigenvalue weighted by Crippen LogP contribution is -2.34. The largest absolute Gasteiger partial charge is 0.503 e. The van der Waals surface area contributed by atoms with E-state index in [1.165, 1.54) is 12.0 Å². The fourth-order valence-corrected chi connectivity index (χ4v) is 3.95. The molecule has 1 aromatic heterocycles. The summed E-state index contributed by atoms with van der Waals surface area (Å²) < 4.78 is 16.8. The van der Waals surface area contributed by atoms with Crippen LogP contribution in [0, 0.1) is 0 Å². The van der Waals surface area contributed by atoms with Crippen LogP contribution in [0.15, 0.2) is 70.3 Å². The Morgan fingerprint density at radius 2 is 1.88 bits per heavy atom. The number of rotatable bonds is 8. The highest BCUT2D eigenvalue weighted by Crippen LogP contribution is 2.42. The van der Waals surface area contributed by atoms with Gasteiger partial charge in [0.1, 0.15) is 11.3 Å². The molecule has 3 aromatic rings. The zero-order valence-corrected chi connectivity index (χ0v) is 18.2. The number of carbonyl (C=O) groups is 2. The lowest BCUT2D eigenvalue weighted by molar-refractivity contribution is -0.130. The smallest absolute Gasteiger partial charge is 0.290 e. The minimum absolute atomic E-state index is 0.0179. The molecule has 0 saturated heterocycles. The number of Topliss-reactive ketones (excluding diaryl/α,β-unsaturated/α-hetero) is 1. The summed E-state index contributed by atoms with van der Waals surface area (Å²) in [5.74, 6) is -1.20. The van der Waals surface area contributed by atoms with Gasteiger partial charge in [-0.25, -0.2) is 0 Å². The fourth-order valence-electron chi connectivity index (χ4n) is 3.95. The molecular formula is C25H25NO6. The minimum Gasteiger partial charge on any atom is -0.503 e. The van der Waals surface area contributed by atoms with Gasteiger partial charge in [-0.1, -0.05) is 36.4 Å². The summed E-state index contributed by atoms with van der Waals surface area (Å²) in [5, 5.41) is 11.5. The Labute approximate surface area is 185 Å². The van der Waals surface area contributed by atoms with E-state index in [9.17, 15) is 14.7 Å². The Bertz CT molecular complexity index is 1160. The topological polar surface area (TPSA) is 89.2 Å². The Hall–Kier alpha value is -3.58. The molecular weight excluding hydrogens is 410 g/mol. The molecule has 1 amide bonds. The molecule has 4 rings (SSSR count). The van der Waals surface area contributed by atoms with E-state index in [-0.39, 0.29) is 30.6 Å². The minimum atomic E-state index is -0.838. The molecule has 0 aliphatic carbocycles. The van der Waals surface area contributed by atoms with Crippen LogP contribution < -0.4 is 4.74 Å². The van der Waals surface area contributed by atoms with Crippen LogP contribution in [-0.2, 0) is 9.53 Å². The molecule has 2 heterocycles. The van der Waals surface area contributed by atoms with Gasteiger partial charge in [0.15, 0.2) is 11.5 Å². The van der Waals surface area contributed by atoms with Crippen molar-refractivity contribution in [3.05, 3.63) is 77.3 Å². The van der Waals surface area contributed by atoms with Gasteiger partial charge in [-0.2, -0.15) is 0 Å². The fraction of sp³-hybridized carbons (Fsp3) is 0.280. The summed E-state index contributed by atoms with van der Waals surface area (Å²) in [7, 11) is 1.52. The maximum absolute atomic E-state index is 13.5. The predicted octanol–water partition coefficient (Wildman–Crippen LogP) is 4.44. The Morgan fingerprint density at radius 1 is 1.16 bits per heavy atom. The van der Waals surface area contributed by atoms with Crippen molar-refractivity contribution in [3.63, 3.8) is 0 Å². The molecule has 1 aliphatic heterocycles. The summed E-state index contributed by atoms with van der Waals surface area (Å²) in [6.45, 7) is 4.25. The molecule has 1 unspecified atom stereocenters. The highest BCUT2D eigenvalue weighted by molar-refractivity contribution is 6.16. The number of aliphatic hydroxyl groups excluding tert-OH is 1. The van der Waals surface area contributed by atoms with E-state index in [0.29, 0.717) is 16.9 Å². The van der Waals surface area contributed by atoms with Crippen molar-refractivity contribution in [3.8, 4) is 5.75 Å². The first kappa shape index (κ1) is 21.6. The normalized spacial score (nSPS) is 16.4. The van der Waals surface area contributed by atoms with Crippen LogP contribution in [0.25, 0.3) is 11.0 Å². The second kappa shape index (κ2) is 8.88. The number of ether oxygens (including phenoxy) is 2. The first-order valence-corrected chi connectivity index (χ1v) is 10.4. The van der Waals surface area contributed by atoms with Crippen LogP contribution in [0.2, 0.25) is 0 Å². The molecule has 0 saturated carbocycles. The number of hydrogen-bond donors (Lipinski definition) is 1. The average molecular weight is 435 g/mol. The third kappa shape index (κ3) is 3.87. The van der Waals surface area contributed by atoms with Crippen LogP contribution in [0.1, 0.15) is 36.0 Å². The molecule has 1 aliphatic rings. The zero-order valence-electron chi connectivity index (χ0n) is 18.2. The highest BCUT2D eigenvalue weighted by Gasteiger charge is 2.45. The first-order valence-electron chi connectivity index (χ1n) is 10.4. The molecule has 0 radical (unpaired) electrons. The average Bonchev–Trinajstić information content (AvgIpc) is 3.33. The van der Waals surface area contributed by atoms with Crippen molar-refractivity contribution in [2.75, 3.05) is 20.3 Å². The van der Waals surface area contributed by atoms with Gasteiger partial charge in [0.05, 0.1) is 31.4 Å². The summed E-state index contributed by atoms with van der Waals surface area (Å²) in [4.78, 5) is 28.0. The van der Waals surface area contributed by atoms with Gasteiger partial charge >= 0.3 is 0 Å². The second-order valence-electron chi connectivity index (χ2n) is 7.80. The van der Waals surface area contributed by atoms with Crippen molar-refractivity contribution in [1.29, 1.82) is 0 Å². The van der Waals surface area contributed by atoms with Gasteiger partial charge in [-0.15, -0.1) is 0 Å². The SMILES string of the molecule is COc1ccccc1C1C(C(=O)c2cc3ccccc3o2)=C(O)C(=O)N1CCOC(C)C. The summed E-state index contributed by atoms with van der Waals surface area (Å²) in [5.41, 5.74) is 1.11. The van der Waals surface area contributed by atoms with Gasteiger partial charge in [0.2, 0.25) is 5.78 Å². The van der Waals surface area contributed by atoms with Crippen molar-refractivity contribution in [1.82, 2.24) is 4.90 Å². The lowest BCUT2D eigenvalue weighted by atomic mass is 9.94. The van der Waals surface area contributed by atoms with Crippen molar-refractivity contribution < 1.29 is 28.6 Å². The number of benzene rings is 2. The van der Waals surface area contributed by atoms with E-state index in [4.69, 9.17) is 13.9 Å². The number of para-hydroxylation sites is 2. The number of aliphatic hydroxyl groups is 1. The molecule has 7 nitrogen and oxygen atoms in total. The van der Waals surface area contributed by atoms with E-state index in [0.717, 1.165) is 5.39 Å². The van der Waals surface area contributed by atoms with Gasteiger partial charge < -0.3 is 23.9 Å². The van der Waals surface area contributed by atoms with E-state index < -0.39 is 23.5 Å². The Morgan fingerprint density at radius 3 is 2.59 bits per heavy atom. The molecule has 7 heteroatoms. The number of carbonyl (C=O) groups excluding carboxylic acids is 2. The van der Waals surface area contributed by atoms with Gasteiger partial charge in [0.25, 0.3) is 5.91 Å². The molecule has 166 valence electrons. The molecule has 1 N–H and O–H groups in total. The predicted molar refractivity (Wildman–Crippen MR) is 119 cm³/mol. The van der Waals surface area contributed by atoms with E-state index >= 15 is 0 Å². The van der Waals surface area contributed by atoms with Gasteiger partial charge in [-0.05, 0) is 32.0 Å².